The fourth-order valence-electron chi connectivity index (χ4n) is 3.60. The quantitative estimate of drug-likeness (QED) is 0.478. The second kappa shape index (κ2) is 10.8. The number of likely N-dealkylation sites (tertiary alicyclic amines) is 1. The van der Waals surface area contributed by atoms with Gasteiger partial charge in [0.25, 0.3) is 0 Å². The number of carbonyl (C=O) groups is 3. The number of anilines is 1. The van der Waals surface area contributed by atoms with Crippen molar-refractivity contribution in [3.63, 3.8) is 0 Å². The minimum absolute atomic E-state index is 0.0662. The summed E-state index contributed by atoms with van der Waals surface area (Å²) in [6.45, 7) is 1.88. The molecule has 3 atom stereocenters. The van der Waals surface area contributed by atoms with Crippen LogP contribution in [0.5, 0.6) is 0 Å². The Hall–Kier alpha value is -3.28. The van der Waals surface area contributed by atoms with Gasteiger partial charge in [-0.2, -0.15) is 13.2 Å². The molecule has 1 saturated heterocycles. The molecule has 0 radical (unpaired) electrons. The summed E-state index contributed by atoms with van der Waals surface area (Å²) in [5.41, 5.74) is 7.33. The number of hydrogen-bond acceptors (Lipinski definition) is 7. The van der Waals surface area contributed by atoms with Crippen molar-refractivity contribution in [3.8, 4) is 0 Å². The van der Waals surface area contributed by atoms with Crippen LogP contribution in [0.3, 0.4) is 0 Å². The third-order valence-electron chi connectivity index (χ3n) is 5.14. The molecule has 0 saturated carbocycles. The Morgan fingerprint density at radius 2 is 1.82 bits per heavy atom. The van der Waals surface area contributed by atoms with Crippen LogP contribution in [0.25, 0.3) is 0 Å². The molecule has 1 aliphatic rings. The highest BCUT2D eigenvalue weighted by Gasteiger charge is 2.55. The van der Waals surface area contributed by atoms with Gasteiger partial charge in [0, 0.05) is 18.9 Å². The van der Waals surface area contributed by atoms with E-state index in [-0.39, 0.29) is 18.8 Å². The summed E-state index contributed by atoms with van der Waals surface area (Å²) >= 11 is 0. The Bertz CT molecular complexity index is 1140. The largest absolute Gasteiger partial charge is 0.446 e. The van der Waals surface area contributed by atoms with Gasteiger partial charge in [-0.05, 0) is 35.6 Å². The molecule has 3 rings (SSSR count). The zero-order chi connectivity index (χ0) is 25.7. The molecule has 8 nitrogen and oxygen atoms in total. The van der Waals surface area contributed by atoms with Gasteiger partial charge in [-0.3, -0.25) is 19.3 Å². The van der Waals surface area contributed by atoms with E-state index in [1.807, 2.05) is 37.3 Å². The van der Waals surface area contributed by atoms with Crippen LogP contribution < -0.4 is 5.73 Å². The van der Waals surface area contributed by atoms with E-state index in [1.54, 1.807) is 12.1 Å². The molecule has 1 unspecified atom stereocenters. The van der Waals surface area contributed by atoms with E-state index >= 15 is 0 Å². The molecule has 1 aromatic carbocycles. The van der Waals surface area contributed by atoms with Crippen LogP contribution in [0.2, 0.25) is 0 Å². The SMILES string of the molecule is C[C@@H](CC(=O)N1C(=O)C(Cc2ccnc(N)c2)[C@H]1S(C)(=O)=O)c1ccccc1.O=CC(F)(F)F. The molecule has 0 spiro atoms. The van der Waals surface area contributed by atoms with Gasteiger partial charge in [0.2, 0.25) is 18.1 Å². The number of imide groups is 1. The lowest BCUT2D eigenvalue weighted by Gasteiger charge is -2.44. The van der Waals surface area contributed by atoms with E-state index in [0.29, 0.717) is 11.4 Å². The fraction of sp³-hybridized carbons (Fsp3) is 0.364. The molecule has 1 aliphatic heterocycles. The first-order valence-electron chi connectivity index (χ1n) is 10.1. The molecule has 2 aromatic rings. The number of nitrogens with zero attached hydrogens (tertiary/aromatic N) is 2. The van der Waals surface area contributed by atoms with Gasteiger partial charge in [0.05, 0.1) is 5.92 Å². The number of hydrogen-bond donors (Lipinski definition) is 1. The molecular formula is C22H24F3N3O5S. The minimum Gasteiger partial charge on any atom is -0.384 e. The number of benzene rings is 1. The number of rotatable bonds is 6. The smallest absolute Gasteiger partial charge is 0.384 e. The average molecular weight is 500 g/mol. The van der Waals surface area contributed by atoms with Gasteiger partial charge in [-0.1, -0.05) is 37.3 Å². The predicted molar refractivity (Wildman–Crippen MR) is 118 cm³/mol. The van der Waals surface area contributed by atoms with Crippen molar-refractivity contribution < 1.29 is 36.0 Å². The van der Waals surface area contributed by atoms with Gasteiger partial charge in [-0.15, -0.1) is 0 Å². The van der Waals surface area contributed by atoms with Gasteiger partial charge in [-0.25, -0.2) is 13.4 Å². The predicted octanol–water partition coefficient (Wildman–Crippen LogP) is 2.50. The van der Waals surface area contributed by atoms with E-state index in [1.165, 1.54) is 6.20 Å². The Kier molecular flexibility index (Phi) is 8.54. The van der Waals surface area contributed by atoms with Crippen molar-refractivity contribution in [2.24, 2.45) is 5.92 Å². The van der Waals surface area contributed by atoms with Crippen LogP contribution in [0.1, 0.15) is 30.4 Å². The highest BCUT2D eigenvalue weighted by atomic mass is 32.2. The van der Waals surface area contributed by atoms with Crippen molar-refractivity contribution in [2.75, 3.05) is 12.0 Å². The standard InChI is InChI=1S/C20H23N3O4S.C2HF3O/c1-13(15-6-4-3-5-7-15)10-18(24)23-19(25)16(20(23)28(2,26)27)11-14-8-9-22-17(21)12-14;3-2(4,5)1-6/h3-9,12-13,16,20H,10-11H2,1-2H3,(H2,21,22);1H/t13-,16?,20+;/m0./s1. The van der Waals surface area contributed by atoms with Gasteiger partial charge in [0.1, 0.15) is 5.82 Å². The molecular weight excluding hydrogens is 475 g/mol. The number of carbonyl (C=O) groups excluding carboxylic acids is 3. The second-order valence-electron chi connectivity index (χ2n) is 7.90. The molecule has 12 heteroatoms. The molecule has 1 aromatic heterocycles. The zero-order valence-electron chi connectivity index (χ0n) is 18.4. The maximum absolute atomic E-state index is 12.7. The number of aldehydes is 1. The number of amides is 2. The number of nitrogen functional groups attached to an aromatic ring is 1. The minimum atomic E-state index is -4.64. The maximum atomic E-state index is 12.7. The molecule has 0 aliphatic carbocycles. The maximum Gasteiger partial charge on any atom is 0.446 e. The summed E-state index contributed by atoms with van der Waals surface area (Å²) in [5, 5.41) is -1.15. The Morgan fingerprint density at radius 1 is 1.24 bits per heavy atom. The summed E-state index contributed by atoms with van der Waals surface area (Å²) in [5.74, 6) is -1.56. The van der Waals surface area contributed by atoms with Crippen LogP contribution >= 0.6 is 0 Å². The van der Waals surface area contributed by atoms with Crippen molar-refractivity contribution in [1.29, 1.82) is 0 Å². The topological polar surface area (TPSA) is 128 Å². The number of aromatic nitrogens is 1. The van der Waals surface area contributed by atoms with Gasteiger partial charge < -0.3 is 5.73 Å². The average Bonchev–Trinajstić information content (AvgIpc) is 2.75. The number of sulfone groups is 1. The van der Waals surface area contributed by atoms with E-state index in [9.17, 15) is 31.2 Å². The van der Waals surface area contributed by atoms with E-state index < -0.39 is 45.4 Å². The van der Waals surface area contributed by atoms with E-state index in [4.69, 9.17) is 10.5 Å². The van der Waals surface area contributed by atoms with Gasteiger partial charge >= 0.3 is 6.18 Å². The third-order valence-corrected chi connectivity index (χ3v) is 6.56. The number of alkyl halides is 3. The van der Waals surface area contributed by atoms with Crippen LogP contribution in [0, 0.1) is 5.92 Å². The molecule has 0 bridgehead atoms. The number of β-lactam (4-membered cyclic amide) rings is 1. The summed E-state index contributed by atoms with van der Waals surface area (Å²) < 4.78 is 55.9. The lowest BCUT2D eigenvalue weighted by Crippen LogP contribution is -2.66. The number of halogens is 3. The van der Waals surface area contributed by atoms with Crippen LogP contribution in [0.15, 0.2) is 48.7 Å². The Morgan fingerprint density at radius 3 is 2.32 bits per heavy atom. The van der Waals surface area contributed by atoms with Crippen molar-refractivity contribution in [3.05, 3.63) is 59.8 Å². The number of nitrogens with two attached hydrogens (primary N) is 1. The molecule has 2 heterocycles. The third kappa shape index (κ3) is 7.11. The first-order valence-corrected chi connectivity index (χ1v) is 12.0. The normalized spacial score (nSPS) is 18.9. The Labute approximate surface area is 194 Å². The second-order valence-corrected chi connectivity index (χ2v) is 10.0. The molecule has 34 heavy (non-hydrogen) atoms. The van der Waals surface area contributed by atoms with Crippen LogP contribution in [-0.4, -0.2) is 54.2 Å². The first kappa shape index (κ1) is 27.0. The van der Waals surface area contributed by atoms with E-state index in [2.05, 4.69) is 4.98 Å². The van der Waals surface area contributed by atoms with Crippen LogP contribution in [0.4, 0.5) is 19.0 Å². The molecule has 184 valence electrons. The van der Waals surface area contributed by atoms with Crippen LogP contribution in [-0.2, 0) is 30.6 Å². The molecule has 2 N–H and O–H groups in total. The molecule has 1 fully saturated rings. The lowest BCUT2D eigenvalue weighted by molar-refractivity contribution is -0.161. The first-order chi connectivity index (χ1) is 15.7. The summed E-state index contributed by atoms with van der Waals surface area (Å²) in [4.78, 5) is 38.9. The zero-order valence-corrected chi connectivity index (χ0v) is 19.2. The number of pyridine rings is 1. The summed E-state index contributed by atoms with van der Waals surface area (Å²) in [6.07, 6.45) is -2.88. The van der Waals surface area contributed by atoms with Crippen molar-refractivity contribution in [2.45, 2.75) is 37.2 Å². The fourth-order valence-corrected chi connectivity index (χ4v) is 5.02. The highest BCUT2D eigenvalue weighted by Crippen LogP contribution is 2.35. The van der Waals surface area contributed by atoms with Crippen molar-refractivity contribution in [1.82, 2.24) is 9.88 Å². The monoisotopic (exact) mass is 499 g/mol. The van der Waals surface area contributed by atoms with Crippen molar-refractivity contribution >= 4 is 33.8 Å². The van der Waals surface area contributed by atoms with Gasteiger partial charge in [0.15, 0.2) is 15.2 Å². The lowest BCUT2D eigenvalue weighted by atomic mass is 9.89. The molecule has 2 amide bonds. The highest BCUT2D eigenvalue weighted by molar-refractivity contribution is 7.91. The summed E-state index contributed by atoms with van der Waals surface area (Å²) in [6, 6.07) is 12.7. The Balaban J connectivity index is 0.000000604. The summed E-state index contributed by atoms with van der Waals surface area (Å²) in [7, 11) is -3.64. The van der Waals surface area contributed by atoms with E-state index in [0.717, 1.165) is 16.7 Å².